The summed E-state index contributed by atoms with van der Waals surface area (Å²) in [4.78, 5) is 0. The molecule has 1 nitrogen and oxygen atoms in total. The summed E-state index contributed by atoms with van der Waals surface area (Å²) in [5.41, 5.74) is 8.18. The Kier molecular flexibility index (Phi) is 4.41. The van der Waals surface area contributed by atoms with Crippen LogP contribution in [-0.2, 0) is 0 Å². The van der Waals surface area contributed by atoms with Crippen LogP contribution in [0.5, 0.6) is 0 Å². The van der Waals surface area contributed by atoms with E-state index in [1.807, 2.05) is 0 Å². The molecule has 0 rings (SSSR count). The van der Waals surface area contributed by atoms with Gasteiger partial charge in [-0.3, -0.25) is 5.73 Å². The highest BCUT2D eigenvalue weighted by Crippen LogP contribution is 2.11. The van der Waals surface area contributed by atoms with E-state index in [0.29, 0.717) is 12.5 Å². The minimum atomic E-state index is 0.533. The van der Waals surface area contributed by atoms with Crippen molar-refractivity contribution in [2.75, 3.05) is 6.54 Å². The van der Waals surface area contributed by atoms with Gasteiger partial charge in [-0.2, -0.15) is 0 Å². The molecule has 0 aliphatic carbocycles. The zero-order valence-corrected chi connectivity index (χ0v) is 6.41. The monoisotopic (exact) mass is 126 g/mol. The zero-order chi connectivity index (χ0) is 7.28. The van der Waals surface area contributed by atoms with Crippen LogP contribution in [0.2, 0.25) is 0 Å². The lowest BCUT2D eigenvalue weighted by Crippen LogP contribution is -1.94. The van der Waals surface area contributed by atoms with E-state index in [1.54, 1.807) is 0 Å². The molecule has 0 aliphatic rings. The van der Waals surface area contributed by atoms with Crippen molar-refractivity contribution in [3.63, 3.8) is 0 Å². The largest absolute Gasteiger partial charge is 0.258 e. The van der Waals surface area contributed by atoms with Gasteiger partial charge >= 0.3 is 0 Å². The highest BCUT2D eigenvalue weighted by molar-refractivity contribution is 4.96. The van der Waals surface area contributed by atoms with Crippen molar-refractivity contribution in [1.29, 1.82) is 0 Å². The first kappa shape index (κ1) is 8.70. The van der Waals surface area contributed by atoms with Gasteiger partial charge in [-0.05, 0) is 18.8 Å². The lowest BCUT2D eigenvalue weighted by molar-refractivity contribution is 0.686. The zero-order valence-electron chi connectivity index (χ0n) is 6.41. The van der Waals surface area contributed by atoms with Gasteiger partial charge in [0.2, 0.25) is 0 Å². The summed E-state index contributed by atoms with van der Waals surface area (Å²) in [7, 11) is 0. The Morgan fingerprint density at radius 1 is 1.56 bits per heavy atom. The number of hydrogen-bond donors (Lipinski definition) is 0. The minimum absolute atomic E-state index is 0.533. The highest BCUT2D eigenvalue weighted by atomic mass is 14.5. The third kappa shape index (κ3) is 4.22. The molecule has 0 saturated carbocycles. The van der Waals surface area contributed by atoms with Crippen LogP contribution in [0.1, 0.15) is 26.7 Å². The van der Waals surface area contributed by atoms with Crippen LogP contribution >= 0.6 is 0 Å². The third-order valence-corrected chi connectivity index (χ3v) is 1.49. The summed E-state index contributed by atoms with van der Waals surface area (Å²) >= 11 is 0. The summed E-state index contributed by atoms with van der Waals surface area (Å²) < 4.78 is 0. The first-order valence-electron chi connectivity index (χ1n) is 3.50. The molecule has 0 amide bonds. The topological polar surface area (TPSA) is 23.8 Å². The molecule has 0 aromatic carbocycles. The van der Waals surface area contributed by atoms with E-state index in [0.717, 1.165) is 12.8 Å². The third-order valence-electron chi connectivity index (χ3n) is 1.49. The predicted octanol–water partition coefficient (Wildman–Crippen LogP) is 2.26. The van der Waals surface area contributed by atoms with Crippen LogP contribution in [0.15, 0.2) is 12.2 Å². The van der Waals surface area contributed by atoms with Crippen LogP contribution in [-0.4, -0.2) is 6.54 Å². The SMILES string of the molecule is C=C(CCC[NH])C(C)C. The summed E-state index contributed by atoms with van der Waals surface area (Å²) in [5, 5.41) is 0. The molecule has 0 aromatic rings. The second-order valence-corrected chi connectivity index (χ2v) is 2.67. The van der Waals surface area contributed by atoms with Crippen molar-refractivity contribution in [2.45, 2.75) is 26.7 Å². The van der Waals surface area contributed by atoms with Crippen molar-refractivity contribution >= 4 is 0 Å². The molecule has 0 saturated heterocycles. The number of hydrogen-bond acceptors (Lipinski definition) is 0. The average Bonchev–Trinajstić information content (AvgIpc) is 1.82. The van der Waals surface area contributed by atoms with Crippen LogP contribution in [0.25, 0.3) is 0 Å². The van der Waals surface area contributed by atoms with Gasteiger partial charge in [-0.25, -0.2) is 0 Å². The molecule has 0 unspecified atom stereocenters. The molecule has 0 bridgehead atoms. The van der Waals surface area contributed by atoms with Gasteiger partial charge in [0, 0.05) is 6.54 Å². The minimum Gasteiger partial charge on any atom is -0.258 e. The van der Waals surface area contributed by atoms with Gasteiger partial charge in [0.25, 0.3) is 0 Å². The second-order valence-electron chi connectivity index (χ2n) is 2.67. The van der Waals surface area contributed by atoms with Crippen LogP contribution in [0.4, 0.5) is 0 Å². The van der Waals surface area contributed by atoms with Gasteiger partial charge in [-0.1, -0.05) is 26.0 Å². The fourth-order valence-corrected chi connectivity index (χ4v) is 0.604. The predicted molar refractivity (Wildman–Crippen MR) is 41.2 cm³/mol. The Bertz CT molecular complexity index is 84.6. The van der Waals surface area contributed by atoms with E-state index in [2.05, 4.69) is 20.4 Å². The van der Waals surface area contributed by atoms with E-state index in [-0.39, 0.29) is 0 Å². The molecule has 1 heteroatoms. The Balaban J connectivity index is 3.28. The standard InChI is InChI=1S/C8H16N/c1-7(2)8(3)5-4-6-9/h7,9H,3-6H2,1-2H3. The van der Waals surface area contributed by atoms with Crippen molar-refractivity contribution in [2.24, 2.45) is 5.92 Å². The lowest BCUT2D eigenvalue weighted by atomic mass is 10.0. The first-order chi connectivity index (χ1) is 4.18. The maximum absolute atomic E-state index is 6.90. The van der Waals surface area contributed by atoms with Crippen LogP contribution in [0.3, 0.4) is 0 Å². The Morgan fingerprint density at radius 2 is 2.11 bits per heavy atom. The molecule has 0 atom stereocenters. The van der Waals surface area contributed by atoms with Crippen LogP contribution in [0, 0.1) is 5.92 Å². The van der Waals surface area contributed by atoms with Crippen molar-refractivity contribution < 1.29 is 0 Å². The van der Waals surface area contributed by atoms with Crippen molar-refractivity contribution in [3.05, 3.63) is 12.2 Å². The first-order valence-corrected chi connectivity index (χ1v) is 3.50. The average molecular weight is 126 g/mol. The van der Waals surface area contributed by atoms with Crippen molar-refractivity contribution in [3.8, 4) is 0 Å². The second kappa shape index (κ2) is 4.57. The molecule has 0 aliphatic heterocycles. The molecule has 1 N–H and O–H groups in total. The molecule has 0 fully saturated rings. The summed E-state index contributed by atoms with van der Waals surface area (Å²) in [6.07, 6.45) is 2.00. The molecule has 9 heavy (non-hydrogen) atoms. The normalized spacial score (nSPS) is 10.2. The van der Waals surface area contributed by atoms with Gasteiger partial charge in [0.1, 0.15) is 0 Å². The maximum Gasteiger partial charge on any atom is 0.0103 e. The van der Waals surface area contributed by atoms with E-state index >= 15 is 0 Å². The van der Waals surface area contributed by atoms with E-state index in [1.165, 1.54) is 5.57 Å². The Labute approximate surface area is 57.9 Å². The van der Waals surface area contributed by atoms with Gasteiger partial charge in [0.15, 0.2) is 0 Å². The molecule has 0 heterocycles. The van der Waals surface area contributed by atoms with E-state index in [9.17, 15) is 0 Å². The quantitative estimate of drug-likeness (QED) is 0.516. The van der Waals surface area contributed by atoms with Crippen molar-refractivity contribution in [1.82, 2.24) is 5.73 Å². The smallest absolute Gasteiger partial charge is 0.0103 e. The molecule has 1 radical (unpaired) electrons. The van der Waals surface area contributed by atoms with Crippen LogP contribution < -0.4 is 5.73 Å². The Morgan fingerprint density at radius 3 is 2.44 bits per heavy atom. The lowest BCUT2D eigenvalue weighted by Gasteiger charge is -2.06. The molecular weight excluding hydrogens is 110 g/mol. The van der Waals surface area contributed by atoms with Gasteiger partial charge in [-0.15, -0.1) is 0 Å². The Hall–Kier alpha value is -0.300. The number of rotatable bonds is 4. The highest BCUT2D eigenvalue weighted by Gasteiger charge is 1.97. The number of nitrogens with one attached hydrogen (secondary N) is 1. The fourth-order valence-electron chi connectivity index (χ4n) is 0.604. The summed E-state index contributed by atoms with van der Waals surface area (Å²) in [6.45, 7) is 8.73. The van der Waals surface area contributed by atoms with Gasteiger partial charge in [0.05, 0.1) is 0 Å². The van der Waals surface area contributed by atoms with E-state index < -0.39 is 0 Å². The molecular formula is C8H16N. The molecule has 0 spiro atoms. The summed E-state index contributed by atoms with van der Waals surface area (Å²) in [5.74, 6) is 0.594. The van der Waals surface area contributed by atoms with E-state index in [4.69, 9.17) is 5.73 Å². The maximum atomic E-state index is 6.90. The molecule has 0 aromatic heterocycles. The fraction of sp³-hybridized carbons (Fsp3) is 0.750. The van der Waals surface area contributed by atoms with Gasteiger partial charge < -0.3 is 0 Å². The summed E-state index contributed by atoms with van der Waals surface area (Å²) in [6, 6.07) is 0. The number of allylic oxidation sites excluding steroid dienone is 1. The molecule has 53 valence electrons.